The summed E-state index contributed by atoms with van der Waals surface area (Å²) in [5, 5.41) is 12.7. The van der Waals surface area contributed by atoms with E-state index in [1.165, 1.54) is 11.1 Å². The minimum Gasteiger partial charge on any atom is -0.496 e. The van der Waals surface area contributed by atoms with Gasteiger partial charge in [-0.05, 0) is 35.4 Å². The fourth-order valence-electron chi connectivity index (χ4n) is 2.13. The van der Waals surface area contributed by atoms with Gasteiger partial charge >= 0.3 is 0 Å². The van der Waals surface area contributed by atoms with E-state index < -0.39 is 0 Å². The summed E-state index contributed by atoms with van der Waals surface area (Å²) in [6, 6.07) is 6.31. The molecular weight excluding hydrogens is 238 g/mol. The van der Waals surface area contributed by atoms with Crippen molar-refractivity contribution in [2.45, 2.75) is 33.7 Å². The second-order valence-electron chi connectivity index (χ2n) is 5.32. The number of aryl methyl sites for hydroxylation is 1. The Morgan fingerprint density at radius 3 is 2.58 bits per heavy atom. The second kappa shape index (κ2) is 8.18. The lowest BCUT2D eigenvalue weighted by atomic mass is 9.97. The zero-order valence-electron chi connectivity index (χ0n) is 12.6. The summed E-state index contributed by atoms with van der Waals surface area (Å²) in [7, 11) is 1.71. The van der Waals surface area contributed by atoms with Crippen LogP contribution >= 0.6 is 0 Å². The van der Waals surface area contributed by atoms with Crippen LogP contribution in [0.15, 0.2) is 18.2 Å². The van der Waals surface area contributed by atoms with Gasteiger partial charge in [0.2, 0.25) is 0 Å². The standard InChI is InChI=1S/C16H27NO2/c1-5-14-8-13(6-7-16(14)19-4)9-17-10-15(11-18)12(2)3/h6-8,12,15,17-18H,5,9-11H2,1-4H3. The highest BCUT2D eigenvalue weighted by Gasteiger charge is 2.11. The molecule has 0 amide bonds. The molecule has 3 heteroatoms. The molecule has 3 nitrogen and oxygen atoms in total. The van der Waals surface area contributed by atoms with Crippen LogP contribution in [-0.2, 0) is 13.0 Å². The lowest BCUT2D eigenvalue weighted by Crippen LogP contribution is -2.28. The van der Waals surface area contributed by atoms with Crippen molar-refractivity contribution >= 4 is 0 Å². The number of aliphatic hydroxyl groups is 1. The Balaban J connectivity index is 2.54. The second-order valence-corrected chi connectivity index (χ2v) is 5.32. The minimum absolute atomic E-state index is 0.244. The zero-order valence-corrected chi connectivity index (χ0v) is 12.6. The quantitative estimate of drug-likeness (QED) is 0.759. The van der Waals surface area contributed by atoms with Crippen LogP contribution in [0.1, 0.15) is 31.9 Å². The Bertz CT molecular complexity index is 377. The van der Waals surface area contributed by atoms with E-state index in [4.69, 9.17) is 4.74 Å². The van der Waals surface area contributed by atoms with E-state index in [2.05, 4.69) is 38.2 Å². The number of aliphatic hydroxyl groups excluding tert-OH is 1. The van der Waals surface area contributed by atoms with Gasteiger partial charge in [-0.15, -0.1) is 0 Å². The highest BCUT2D eigenvalue weighted by atomic mass is 16.5. The molecule has 0 aliphatic heterocycles. The first kappa shape index (κ1) is 16.0. The van der Waals surface area contributed by atoms with Gasteiger partial charge in [-0.2, -0.15) is 0 Å². The summed E-state index contributed by atoms with van der Waals surface area (Å²) in [5.41, 5.74) is 2.50. The summed E-state index contributed by atoms with van der Waals surface area (Å²) < 4.78 is 5.33. The molecule has 0 spiro atoms. The van der Waals surface area contributed by atoms with E-state index in [1.807, 2.05) is 6.07 Å². The molecule has 0 saturated heterocycles. The first-order valence-electron chi connectivity index (χ1n) is 7.09. The topological polar surface area (TPSA) is 41.5 Å². The molecule has 0 bridgehead atoms. The molecule has 0 aliphatic carbocycles. The van der Waals surface area contributed by atoms with Crippen molar-refractivity contribution in [3.05, 3.63) is 29.3 Å². The molecule has 1 unspecified atom stereocenters. The molecule has 1 aromatic carbocycles. The van der Waals surface area contributed by atoms with Gasteiger partial charge in [-0.3, -0.25) is 0 Å². The number of methoxy groups -OCH3 is 1. The van der Waals surface area contributed by atoms with Crippen molar-refractivity contribution in [1.29, 1.82) is 0 Å². The SMILES string of the molecule is CCc1cc(CNCC(CO)C(C)C)ccc1OC. The van der Waals surface area contributed by atoms with Gasteiger partial charge < -0.3 is 15.2 Å². The van der Waals surface area contributed by atoms with Gasteiger partial charge in [0.25, 0.3) is 0 Å². The largest absolute Gasteiger partial charge is 0.496 e. The highest BCUT2D eigenvalue weighted by molar-refractivity contribution is 5.37. The smallest absolute Gasteiger partial charge is 0.122 e. The third kappa shape index (κ3) is 4.84. The highest BCUT2D eigenvalue weighted by Crippen LogP contribution is 2.20. The molecular formula is C16H27NO2. The van der Waals surface area contributed by atoms with Gasteiger partial charge in [0.05, 0.1) is 7.11 Å². The summed E-state index contributed by atoms with van der Waals surface area (Å²) in [4.78, 5) is 0. The molecule has 1 rings (SSSR count). The van der Waals surface area contributed by atoms with Gasteiger partial charge in [0.1, 0.15) is 5.75 Å². The van der Waals surface area contributed by atoms with Crippen molar-refractivity contribution in [3.8, 4) is 5.75 Å². The maximum atomic E-state index is 9.29. The Labute approximate surface area is 117 Å². The molecule has 108 valence electrons. The van der Waals surface area contributed by atoms with Crippen molar-refractivity contribution in [1.82, 2.24) is 5.32 Å². The Morgan fingerprint density at radius 2 is 2.05 bits per heavy atom. The average molecular weight is 265 g/mol. The molecule has 19 heavy (non-hydrogen) atoms. The van der Waals surface area contributed by atoms with Crippen LogP contribution < -0.4 is 10.1 Å². The first-order chi connectivity index (χ1) is 9.12. The van der Waals surface area contributed by atoms with E-state index in [1.54, 1.807) is 7.11 Å². The van der Waals surface area contributed by atoms with Gasteiger partial charge in [-0.1, -0.05) is 32.9 Å². The van der Waals surface area contributed by atoms with Crippen molar-refractivity contribution in [2.24, 2.45) is 11.8 Å². The average Bonchev–Trinajstić information content (AvgIpc) is 2.42. The van der Waals surface area contributed by atoms with Crippen LogP contribution in [0.3, 0.4) is 0 Å². The van der Waals surface area contributed by atoms with E-state index in [-0.39, 0.29) is 6.61 Å². The monoisotopic (exact) mass is 265 g/mol. The lowest BCUT2D eigenvalue weighted by Gasteiger charge is -2.19. The molecule has 0 aliphatic rings. The van der Waals surface area contributed by atoms with Crippen LogP contribution in [0.5, 0.6) is 5.75 Å². The van der Waals surface area contributed by atoms with Crippen LogP contribution in [-0.4, -0.2) is 25.4 Å². The number of benzene rings is 1. The summed E-state index contributed by atoms with van der Waals surface area (Å²) >= 11 is 0. The molecule has 2 N–H and O–H groups in total. The van der Waals surface area contributed by atoms with Crippen molar-refractivity contribution in [2.75, 3.05) is 20.3 Å². The Kier molecular flexibility index (Phi) is 6.89. The number of hydrogen-bond acceptors (Lipinski definition) is 3. The zero-order chi connectivity index (χ0) is 14.3. The fourth-order valence-corrected chi connectivity index (χ4v) is 2.13. The normalized spacial score (nSPS) is 12.7. The van der Waals surface area contributed by atoms with Crippen LogP contribution in [0.25, 0.3) is 0 Å². The molecule has 0 saturated carbocycles. The van der Waals surface area contributed by atoms with E-state index in [9.17, 15) is 5.11 Å². The maximum Gasteiger partial charge on any atom is 0.122 e. The molecule has 1 atom stereocenters. The van der Waals surface area contributed by atoms with Crippen LogP contribution in [0.4, 0.5) is 0 Å². The predicted octanol–water partition coefficient (Wildman–Crippen LogP) is 2.61. The third-order valence-corrected chi connectivity index (χ3v) is 3.64. The summed E-state index contributed by atoms with van der Waals surface area (Å²) in [5.74, 6) is 1.78. The number of ether oxygens (including phenoxy) is 1. The number of hydrogen-bond donors (Lipinski definition) is 2. The molecule has 0 aromatic heterocycles. The number of rotatable bonds is 8. The third-order valence-electron chi connectivity index (χ3n) is 3.64. The Hall–Kier alpha value is -1.06. The lowest BCUT2D eigenvalue weighted by molar-refractivity contribution is 0.186. The predicted molar refractivity (Wildman–Crippen MR) is 79.5 cm³/mol. The minimum atomic E-state index is 0.244. The van der Waals surface area contributed by atoms with E-state index in [0.29, 0.717) is 11.8 Å². The van der Waals surface area contributed by atoms with Crippen molar-refractivity contribution < 1.29 is 9.84 Å². The Morgan fingerprint density at radius 1 is 1.32 bits per heavy atom. The van der Waals surface area contributed by atoms with Crippen LogP contribution in [0.2, 0.25) is 0 Å². The van der Waals surface area contributed by atoms with E-state index in [0.717, 1.165) is 25.3 Å². The first-order valence-corrected chi connectivity index (χ1v) is 7.09. The van der Waals surface area contributed by atoms with Gasteiger partial charge in [-0.25, -0.2) is 0 Å². The summed E-state index contributed by atoms with van der Waals surface area (Å²) in [6.07, 6.45) is 0.974. The van der Waals surface area contributed by atoms with Crippen LogP contribution in [0, 0.1) is 11.8 Å². The summed E-state index contributed by atoms with van der Waals surface area (Å²) in [6.45, 7) is 8.35. The van der Waals surface area contributed by atoms with Gasteiger partial charge in [0.15, 0.2) is 0 Å². The van der Waals surface area contributed by atoms with Gasteiger partial charge in [0, 0.05) is 19.7 Å². The fraction of sp³-hybridized carbons (Fsp3) is 0.625. The maximum absolute atomic E-state index is 9.29. The number of nitrogens with one attached hydrogen (secondary N) is 1. The molecule has 1 aromatic rings. The molecule has 0 radical (unpaired) electrons. The molecule has 0 heterocycles. The van der Waals surface area contributed by atoms with Crippen molar-refractivity contribution in [3.63, 3.8) is 0 Å². The molecule has 0 fully saturated rings. The van der Waals surface area contributed by atoms with E-state index >= 15 is 0 Å².